The monoisotopic (exact) mass is 204 g/mol. The second kappa shape index (κ2) is 3.48. The average molecular weight is 205 g/mol. The molecular formula is C9H5ClN4. The van der Waals surface area contributed by atoms with Crippen molar-refractivity contribution in [2.45, 2.75) is 0 Å². The van der Waals surface area contributed by atoms with Crippen molar-refractivity contribution in [1.29, 1.82) is 5.26 Å². The van der Waals surface area contributed by atoms with Gasteiger partial charge in [-0.15, -0.1) is 0 Å². The van der Waals surface area contributed by atoms with Gasteiger partial charge >= 0.3 is 0 Å². The Labute approximate surface area is 85.4 Å². The number of halogens is 1. The highest BCUT2D eigenvalue weighted by atomic mass is 35.5. The summed E-state index contributed by atoms with van der Waals surface area (Å²) in [5, 5.41) is 8.85. The zero-order chi connectivity index (χ0) is 9.97. The first-order valence-electron chi connectivity index (χ1n) is 3.86. The maximum Gasteiger partial charge on any atom is 0.149 e. The minimum atomic E-state index is 0.207. The van der Waals surface area contributed by atoms with E-state index in [1.807, 2.05) is 6.07 Å². The third kappa shape index (κ3) is 1.45. The molecule has 4 nitrogen and oxygen atoms in total. The number of hydrogen-bond donors (Lipinski definition) is 0. The molecule has 0 amide bonds. The summed E-state index contributed by atoms with van der Waals surface area (Å²) in [6.45, 7) is 0. The predicted octanol–water partition coefficient (Wildman–Crippen LogP) is 1.79. The predicted molar refractivity (Wildman–Crippen MR) is 51.1 cm³/mol. The highest BCUT2D eigenvalue weighted by Gasteiger charge is 2.03. The molecule has 0 N–H and O–H groups in total. The molecule has 0 saturated carbocycles. The topological polar surface area (TPSA) is 54.5 Å². The Morgan fingerprint density at radius 2 is 2.29 bits per heavy atom. The number of rotatable bonds is 1. The van der Waals surface area contributed by atoms with E-state index in [4.69, 9.17) is 16.9 Å². The maximum absolute atomic E-state index is 8.65. The lowest BCUT2D eigenvalue weighted by molar-refractivity contribution is 0.991. The minimum absolute atomic E-state index is 0.207. The van der Waals surface area contributed by atoms with Gasteiger partial charge in [0.1, 0.15) is 23.4 Å². The van der Waals surface area contributed by atoms with Crippen LogP contribution in [-0.4, -0.2) is 14.5 Å². The molecular weight excluding hydrogens is 200 g/mol. The zero-order valence-electron chi connectivity index (χ0n) is 7.05. The summed E-state index contributed by atoms with van der Waals surface area (Å²) in [4.78, 5) is 7.94. The molecule has 5 heteroatoms. The van der Waals surface area contributed by atoms with Crippen molar-refractivity contribution in [2.24, 2.45) is 0 Å². The lowest BCUT2D eigenvalue weighted by Gasteiger charge is -2.01. The van der Waals surface area contributed by atoms with Crippen LogP contribution in [0, 0.1) is 11.3 Å². The molecule has 0 aliphatic rings. The van der Waals surface area contributed by atoms with E-state index in [-0.39, 0.29) is 5.15 Å². The molecule has 0 radical (unpaired) electrons. The maximum atomic E-state index is 8.65. The van der Waals surface area contributed by atoms with Crippen molar-refractivity contribution >= 4 is 11.6 Å². The summed E-state index contributed by atoms with van der Waals surface area (Å²) >= 11 is 5.78. The molecule has 0 spiro atoms. The molecule has 68 valence electrons. The summed E-state index contributed by atoms with van der Waals surface area (Å²) in [5.41, 5.74) is 0.371. The Balaban J connectivity index is 2.49. The SMILES string of the molecule is N#Cc1ccc(-n2ccnc2)nc1Cl. The number of nitrogens with zero attached hydrogens (tertiary/aromatic N) is 4. The van der Waals surface area contributed by atoms with E-state index < -0.39 is 0 Å². The third-order valence-corrected chi connectivity index (χ3v) is 2.01. The van der Waals surface area contributed by atoms with Crippen molar-refractivity contribution in [3.8, 4) is 11.9 Å². The van der Waals surface area contributed by atoms with Gasteiger partial charge in [0.15, 0.2) is 0 Å². The fourth-order valence-electron chi connectivity index (χ4n) is 1.05. The van der Waals surface area contributed by atoms with Gasteiger partial charge < -0.3 is 0 Å². The van der Waals surface area contributed by atoms with Crippen molar-refractivity contribution in [3.05, 3.63) is 41.6 Å². The van der Waals surface area contributed by atoms with Gasteiger partial charge in [0.2, 0.25) is 0 Å². The van der Waals surface area contributed by atoms with Gasteiger partial charge in [-0.25, -0.2) is 9.97 Å². The van der Waals surface area contributed by atoms with Gasteiger partial charge in [0, 0.05) is 12.4 Å². The van der Waals surface area contributed by atoms with Gasteiger partial charge in [0.25, 0.3) is 0 Å². The molecule has 0 atom stereocenters. The van der Waals surface area contributed by atoms with Gasteiger partial charge in [-0.1, -0.05) is 11.6 Å². The Bertz CT molecular complexity index is 484. The minimum Gasteiger partial charge on any atom is -0.290 e. The molecule has 14 heavy (non-hydrogen) atoms. The molecule has 2 heterocycles. The van der Waals surface area contributed by atoms with E-state index in [9.17, 15) is 0 Å². The number of aromatic nitrogens is 3. The molecule has 2 rings (SSSR count). The largest absolute Gasteiger partial charge is 0.290 e. The summed E-state index contributed by atoms with van der Waals surface area (Å²) in [5.74, 6) is 0.645. The molecule has 2 aromatic rings. The number of imidazole rings is 1. The van der Waals surface area contributed by atoms with Crippen LogP contribution in [0.2, 0.25) is 5.15 Å². The van der Waals surface area contributed by atoms with Crippen molar-refractivity contribution in [1.82, 2.24) is 14.5 Å². The first-order valence-corrected chi connectivity index (χ1v) is 4.24. The van der Waals surface area contributed by atoms with Gasteiger partial charge in [-0.2, -0.15) is 5.26 Å². The van der Waals surface area contributed by atoms with E-state index >= 15 is 0 Å². The Kier molecular flexibility index (Phi) is 2.17. The molecule has 0 bridgehead atoms. The molecule has 2 aromatic heterocycles. The fourth-order valence-corrected chi connectivity index (χ4v) is 1.24. The van der Waals surface area contributed by atoms with E-state index in [0.717, 1.165) is 0 Å². The normalized spacial score (nSPS) is 9.71. The third-order valence-electron chi connectivity index (χ3n) is 1.72. The highest BCUT2D eigenvalue weighted by Crippen LogP contribution is 2.14. The second-order valence-corrected chi connectivity index (χ2v) is 2.95. The van der Waals surface area contributed by atoms with E-state index in [1.54, 1.807) is 35.4 Å². The van der Waals surface area contributed by atoms with E-state index in [0.29, 0.717) is 11.4 Å². The number of nitriles is 1. The summed E-state index contributed by atoms with van der Waals surface area (Å²) < 4.78 is 1.72. The number of hydrogen-bond acceptors (Lipinski definition) is 3. The fraction of sp³-hybridized carbons (Fsp3) is 0. The van der Waals surface area contributed by atoms with E-state index in [1.165, 1.54) is 0 Å². The van der Waals surface area contributed by atoms with Crippen molar-refractivity contribution < 1.29 is 0 Å². The molecule has 0 aliphatic carbocycles. The number of pyridine rings is 1. The first-order chi connectivity index (χ1) is 6.81. The van der Waals surface area contributed by atoms with Crippen LogP contribution in [0.1, 0.15) is 5.56 Å². The molecule has 0 aromatic carbocycles. The standard InChI is InChI=1S/C9H5ClN4/c10-9-7(5-11)1-2-8(13-9)14-4-3-12-6-14/h1-4,6H. The lowest BCUT2D eigenvalue weighted by atomic mass is 10.3. The van der Waals surface area contributed by atoms with Crippen LogP contribution in [0.25, 0.3) is 5.82 Å². The van der Waals surface area contributed by atoms with Crippen LogP contribution >= 0.6 is 11.6 Å². The van der Waals surface area contributed by atoms with Crippen molar-refractivity contribution in [3.63, 3.8) is 0 Å². The zero-order valence-corrected chi connectivity index (χ0v) is 7.81. The lowest BCUT2D eigenvalue weighted by Crippen LogP contribution is -1.95. The molecule has 0 unspecified atom stereocenters. The van der Waals surface area contributed by atoms with E-state index in [2.05, 4.69) is 9.97 Å². The molecule has 0 aliphatic heterocycles. The van der Waals surface area contributed by atoms with Crippen LogP contribution in [0.4, 0.5) is 0 Å². The Morgan fingerprint density at radius 1 is 1.43 bits per heavy atom. The van der Waals surface area contributed by atoms with Gasteiger partial charge in [-0.05, 0) is 12.1 Å². The molecule has 0 saturated heterocycles. The summed E-state index contributed by atoms with van der Waals surface area (Å²) in [6.07, 6.45) is 5.02. The summed E-state index contributed by atoms with van der Waals surface area (Å²) in [6, 6.07) is 5.29. The first kappa shape index (κ1) is 8.73. The molecule has 0 fully saturated rings. The summed E-state index contributed by atoms with van der Waals surface area (Å²) in [7, 11) is 0. The Morgan fingerprint density at radius 3 is 2.86 bits per heavy atom. The van der Waals surface area contributed by atoms with Gasteiger partial charge in [0.05, 0.1) is 5.56 Å². The average Bonchev–Trinajstić information content (AvgIpc) is 2.70. The van der Waals surface area contributed by atoms with Crippen molar-refractivity contribution in [2.75, 3.05) is 0 Å². The van der Waals surface area contributed by atoms with Crippen LogP contribution in [-0.2, 0) is 0 Å². The van der Waals surface area contributed by atoms with Gasteiger partial charge in [-0.3, -0.25) is 4.57 Å². The highest BCUT2D eigenvalue weighted by molar-refractivity contribution is 6.30. The quantitative estimate of drug-likeness (QED) is 0.666. The van der Waals surface area contributed by atoms with Crippen LogP contribution in [0.15, 0.2) is 30.9 Å². The smallest absolute Gasteiger partial charge is 0.149 e. The van der Waals surface area contributed by atoms with Crippen LogP contribution < -0.4 is 0 Å². The van der Waals surface area contributed by atoms with Crippen LogP contribution in [0.5, 0.6) is 0 Å². The van der Waals surface area contributed by atoms with Crippen LogP contribution in [0.3, 0.4) is 0 Å². The second-order valence-electron chi connectivity index (χ2n) is 2.59. The Hall–Kier alpha value is -1.86.